The number of rotatable bonds is 10. The Kier molecular flexibility index (Phi) is 10.2. The molecule has 0 spiro atoms. The first-order chi connectivity index (χ1) is 8.10. The Hall–Kier alpha value is -0.610. The molecule has 1 unspecified atom stereocenters. The first-order valence-corrected chi connectivity index (χ1v) is 6.78. The van der Waals surface area contributed by atoms with E-state index in [2.05, 4.69) is 19.2 Å². The molecule has 0 aromatic rings. The number of unbranched alkanes of at least 4 members (excludes halogenated alkanes) is 2. The van der Waals surface area contributed by atoms with Crippen LogP contribution < -0.4 is 11.1 Å². The first kappa shape index (κ1) is 16.4. The topological polar surface area (TPSA) is 58.4 Å². The Balaban J connectivity index is 3.62. The fourth-order valence-electron chi connectivity index (χ4n) is 1.78. The molecule has 0 radical (unpaired) electrons. The van der Waals surface area contributed by atoms with Gasteiger partial charge in [0.05, 0.1) is 6.54 Å². The molecule has 4 heteroatoms. The number of nitrogens with zero attached hydrogens (tertiary/aromatic N) is 1. The number of amides is 1. The summed E-state index contributed by atoms with van der Waals surface area (Å²) in [5, 5.41) is 3.03. The molecule has 0 aliphatic carbocycles. The lowest BCUT2D eigenvalue weighted by molar-refractivity contribution is -0.122. The van der Waals surface area contributed by atoms with Gasteiger partial charge in [-0.25, -0.2) is 0 Å². The van der Waals surface area contributed by atoms with Gasteiger partial charge in [0.25, 0.3) is 0 Å². The number of carbonyl (C=O) groups is 1. The lowest BCUT2D eigenvalue weighted by Gasteiger charge is -2.18. The lowest BCUT2D eigenvalue weighted by atomic mass is 10.1. The lowest BCUT2D eigenvalue weighted by Crippen LogP contribution is -2.40. The zero-order chi connectivity index (χ0) is 13.1. The average molecular weight is 243 g/mol. The minimum absolute atomic E-state index is 0.119. The normalized spacial score (nSPS) is 12.8. The van der Waals surface area contributed by atoms with Gasteiger partial charge in [-0.2, -0.15) is 0 Å². The monoisotopic (exact) mass is 243 g/mol. The maximum absolute atomic E-state index is 11.7. The van der Waals surface area contributed by atoms with Gasteiger partial charge in [0.15, 0.2) is 0 Å². The van der Waals surface area contributed by atoms with Crippen LogP contribution >= 0.6 is 0 Å². The fraction of sp³-hybridized carbons (Fsp3) is 0.923. The molecule has 0 aromatic carbocycles. The molecule has 0 aliphatic rings. The summed E-state index contributed by atoms with van der Waals surface area (Å²) in [7, 11) is 1.96. The summed E-state index contributed by atoms with van der Waals surface area (Å²) >= 11 is 0. The molecule has 3 N–H and O–H groups in total. The first-order valence-electron chi connectivity index (χ1n) is 6.78. The summed E-state index contributed by atoms with van der Waals surface area (Å²) in [6, 6.07) is 0.289. The highest BCUT2D eigenvalue weighted by Crippen LogP contribution is 2.02. The van der Waals surface area contributed by atoms with Crippen molar-refractivity contribution in [3.63, 3.8) is 0 Å². The van der Waals surface area contributed by atoms with Crippen molar-refractivity contribution in [2.24, 2.45) is 5.73 Å². The average Bonchev–Trinajstić information content (AvgIpc) is 2.26. The molecule has 102 valence electrons. The number of nitrogens with one attached hydrogen (secondary N) is 1. The van der Waals surface area contributed by atoms with Crippen LogP contribution in [0.2, 0.25) is 0 Å². The van der Waals surface area contributed by atoms with Crippen LogP contribution in [-0.4, -0.2) is 43.5 Å². The van der Waals surface area contributed by atoms with Gasteiger partial charge in [0, 0.05) is 6.04 Å². The molecule has 1 amide bonds. The number of hydrogen-bond donors (Lipinski definition) is 2. The van der Waals surface area contributed by atoms with Crippen molar-refractivity contribution in [2.75, 3.05) is 26.7 Å². The third-order valence-corrected chi connectivity index (χ3v) is 2.81. The maximum atomic E-state index is 11.7. The Labute approximate surface area is 106 Å². The van der Waals surface area contributed by atoms with Crippen molar-refractivity contribution >= 4 is 5.91 Å². The van der Waals surface area contributed by atoms with Crippen LogP contribution in [0.15, 0.2) is 0 Å². The van der Waals surface area contributed by atoms with Crippen LogP contribution in [-0.2, 0) is 4.79 Å². The Morgan fingerprint density at radius 2 is 2.06 bits per heavy atom. The fourth-order valence-corrected chi connectivity index (χ4v) is 1.78. The van der Waals surface area contributed by atoms with Crippen molar-refractivity contribution in [1.29, 1.82) is 0 Å². The van der Waals surface area contributed by atoms with E-state index in [0.717, 1.165) is 19.4 Å². The van der Waals surface area contributed by atoms with E-state index in [-0.39, 0.29) is 11.9 Å². The van der Waals surface area contributed by atoms with Gasteiger partial charge in [-0.1, -0.05) is 26.2 Å². The standard InChI is InChI=1S/C13H29N3O/c1-4-5-6-8-12(2)15-13(17)11-16(3)10-7-9-14/h12H,4-11,14H2,1-3H3,(H,15,17). The van der Waals surface area contributed by atoms with Gasteiger partial charge in [-0.3, -0.25) is 9.69 Å². The van der Waals surface area contributed by atoms with E-state index in [9.17, 15) is 4.79 Å². The second-order valence-electron chi connectivity index (χ2n) is 4.84. The highest BCUT2D eigenvalue weighted by molar-refractivity contribution is 5.78. The molecule has 0 aliphatic heterocycles. The summed E-state index contributed by atoms with van der Waals surface area (Å²) in [6.07, 6.45) is 5.68. The highest BCUT2D eigenvalue weighted by Gasteiger charge is 2.09. The summed E-state index contributed by atoms with van der Waals surface area (Å²) in [5.41, 5.74) is 5.43. The highest BCUT2D eigenvalue weighted by atomic mass is 16.2. The number of hydrogen-bond acceptors (Lipinski definition) is 3. The van der Waals surface area contributed by atoms with Gasteiger partial charge < -0.3 is 11.1 Å². The molecule has 0 aromatic heterocycles. The van der Waals surface area contributed by atoms with Crippen molar-refractivity contribution in [2.45, 2.75) is 52.0 Å². The number of carbonyl (C=O) groups excluding carboxylic acids is 1. The third kappa shape index (κ3) is 10.3. The van der Waals surface area contributed by atoms with Crippen molar-refractivity contribution in [1.82, 2.24) is 10.2 Å². The quantitative estimate of drug-likeness (QED) is 0.569. The van der Waals surface area contributed by atoms with Gasteiger partial charge in [-0.05, 0) is 39.9 Å². The second-order valence-corrected chi connectivity index (χ2v) is 4.84. The Morgan fingerprint density at radius 1 is 1.35 bits per heavy atom. The molecular weight excluding hydrogens is 214 g/mol. The van der Waals surface area contributed by atoms with Gasteiger partial charge in [0.1, 0.15) is 0 Å². The number of likely N-dealkylation sites (N-methyl/N-ethyl adjacent to an activating group) is 1. The third-order valence-electron chi connectivity index (χ3n) is 2.81. The van der Waals surface area contributed by atoms with Gasteiger partial charge >= 0.3 is 0 Å². The molecule has 0 fully saturated rings. The van der Waals surface area contributed by atoms with Crippen LogP contribution in [0.3, 0.4) is 0 Å². The summed E-state index contributed by atoms with van der Waals surface area (Å²) in [4.78, 5) is 13.7. The summed E-state index contributed by atoms with van der Waals surface area (Å²) in [5.74, 6) is 0.119. The predicted octanol–water partition coefficient (Wildman–Crippen LogP) is 1.35. The molecule has 0 rings (SSSR count). The molecule has 0 saturated heterocycles. The van der Waals surface area contributed by atoms with E-state index in [0.29, 0.717) is 13.1 Å². The molecule has 0 heterocycles. The Morgan fingerprint density at radius 3 is 2.65 bits per heavy atom. The van der Waals surface area contributed by atoms with E-state index in [4.69, 9.17) is 5.73 Å². The van der Waals surface area contributed by atoms with E-state index in [1.807, 2.05) is 11.9 Å². The van der Waals surface area contributed by atoms with Gasteiger partial charge in [0.2, 0.25) is 5.91 Å². The largest absolute Gasteiger partial charge is 0.353 e. The number of nitrogens with two attached hydrogens (primary N) is 1. The molecule has 4 nitrogen and oxygen atoms in total. The van der Waals surface area contributed by atoms with E-state index in [1.54, 1.807) is 0 Å². The van der Waals surface area contributed by atoms with E-state index >= 15 is 0 Å². The van der Waals surface area contributed by atoms with Crippen molar-refractivity contribution in [3.05, 3.63) is 0 Å². The molecular formula is C13H29N3O. The molecule has 17 heavy (non-hydrogen) atoms. The van der Waals surface area contributed by atoms with Crippen LogP contribution in [0.5, 0.6) is 0 Å². The van der Waals surface area contributed by atoms with Gasteiger partial charge in [-0.15, -0.1) is 0 Å². The summed E-state index contributed by atoms with van der Waals surface area (Å²) < 4.78 is 0. The van der Waals surface area contributed by atoms with Crippen LogP contribution in [0.25, 0.3) is 0 Å². The van der Waals surface area contributed by atoms with Crippen molar-refractivity contribution in [3.8, 4) is 0 Å². The Bertz CT molecular complexity index is 197. The van der Waals surface area contributed by atoms with Crippen LogP contribution in [0, 0.1) is 0 Å². The maximum Gasteiger partial charge on any atom is 0.234 e. The summed E-state index contributed by atoms with van der Waals surface area (Å²) in [6.45, 7) is 6.30. The van der Waals surface area contributed by atoms with Crippen molar-refractivity contribution < 1.29 is 4.79 Å². The zero-order valence-electron chi connectivity index (χ0n) is 11.7. The molecule has 0 saturated carbocycles. The molecule has 1 atom stereocenters. The van der Waals surface area contributed by atoms with E-state index in [1.165, 1.54) is 19.3 Å². The SMILES string of the molecule is CCCCCC(C)NC(=O)CN(C)CCCN. The van der Waals surface area contributed by atoms with E-state index < -0.39 is 0 Å². The molecule has 0 bridgehead atoms. The smallest absolute Gasteiger partial charge is 0.234 e. The minimum Gasteiger partial charge on any atom is -0.353 e. The van der Waals surface area contributed by atoms with Crippen LogP contribution in [0.1, 0.15) is 46.0 Å². The van der Waals surface area contributed by atoms with Crippen LogP contribution in [0.4, 0.5) is 0 Å². The second kappa shape index (κ2) is 10.5. The minimum atomic E-state index is 0.119. The zero-order valence-corrected chi connectivity index (χ0v) is 11.7. The predicted molar refractivity (Wildman–Crippen MR) is 72.9 cm³/mol.